The highest BCUT2D eigenvalue weighted by Gasteiger charge is 2.32. The fourth-order valence-electron chi connectivity index (χ4n) is 2.47. The average molecular weight is 421 g/mol. The topological polar surface area (TPSA) is 93.0 Å². The zero-order valence-corrected chi connectivity index (χ0v) is 17.0. The Morgan fingerprint density at radius 3 is 2.18 bits per heavy atom. The summed E-state index contributed by atoms with van der Waals surface area (Å²) in [6.45, 7) is 4.00. The van der Waals surface area contributed by atoms with Gasteiger partial charge in [0.05, 0.1) is 11.7 Å². The molecule has 4 rings (SSSR count). The zero-order valence-electron chi connectivity index (χ0n) is 16.2. The molecule has 7 nitrogen and oxygen atoms in total. The van der Waals surface area contributed by atoms with E-state index in [4.69, 9.17) is 0 Å². The van der Waals surface area contributed by atoms with Gasteiger partial charge in [0.15, 0.2) is 21.1 Å². The SMILES string of the molecule is C1CCCC1.CC.CS(=O)(=O)CC(F)(F)F.c1cc2c(ncc3nncn32)[nH]1. The Labute approximate surface area is 162 Å². The number of sulfone groups is 1. The van der Waals surface area contributed by atoms with Crippen molar-refractivity contribution in [3.63, 3.8) is 0 Å². The zero-order chi connectivity index (χ0) is 21.2. The number of H-pyrrole nitrogens is 1. The maximum atomic E-state index is 11.2. The lowest BCUT2D eigenvalue weighted by atomic mass is 10.4. The largest absolute Gasteiger partial charge is 0.402 e. The molecule has 0 unspecified atom stereocenters. The van der Waals surface area contributed by atoms with Gasteiger partial charge < -0.3 is 4.98 Å². The molecule has 158 valence electrons. The first kappa shape index (κ1) is 23.9. The van der Waals surface area contributed by atoms with Crippen LogP contribution in [0.15, 0.2) is 24.8 Å². The van der Waals surface area contributed by atoms with E-state index in [-0.39, 0.29) is 0 Å². The highest BCUT2D eigenvalue weighted by atomic mass is 32.2. The lowest BCUT2D eigenvalue weighted by Crippen LogP contribution is -2.21. The number of nitrogens with one attached hydrogen (secondary N) is 1. The van der Waals surface area contributed by atoms with Gasteiger partial charge in [0.2, 0.25) is 0 Å². The first-order valence-electron chi connectivity index (χ1n) is 9.02. The van der Waals surface area contributed by atoms with Crippen molar-refractivity contribution in [3.05, 3.63) is 24.8 Å². The fourth-order valence-corrected chi connectivity index (χ4v) is 3.07. The number of aromatic amines is 1. The van der Waals surface area contributed by atoms with Gasteiger partial charge in [0.25, 0.3) is 0 Å². The summed E-state index contributed by atoms with van der Waals surface area (Å²) in [6, 6.07) is 1.94. The summed E-state index contributed by atoms with van der Waals surface area (Å²) in [7, 11) is -3.91. The summed E-state index contributed by atoms with van der Waals surface area (Å²) in [5, 5.41) is 7.68. The molecule has 0 saturated heterocycles. The standard InChI is InChI=1S/C7H5N5.C5H10.C3H5F3O2S.C2H6/c1-2-8-7-5(1)12-4-10-11-6(12)3-9-7;1-2-4-5-3-1;1-9(7,8)2-3(4,5)6;1-2/h1-4,8H;1-5H2;2H2,1H3;1-2H3. The molecule has 1 fully saturated rings. The fraction of sp³-hybridized carbons (Fsp3) is 0.588. The second-order valence-corrected chi connectivity index (χ2v) is 8.12. The van der Waals surface area contributed by atoms with Crippen LogP contribution in [0.1, 0.15) is 46.0 Å². The van der Waals surface area contributed by atoms with E-state index in [0.717, 1.165) is 16.8 Å². The molecule has 1 aliphatic rings. The van der Waals surface area contributed by atoms with Crippen molar-refractivity contribution in [2.24, 2.45) is 0 Å². The van der Waals surface area contributed by atoms with E-state index in [2.05, 4.69) is 20.2 Å². The van der Waals surface area contributed by atoms with Crippen LogP contribution < -0.4 is 0 Å². The van der Waals surface area contributed by atoms with E-state index < -0.39 is 21.8 Å². The Bertz CT molecular complexity index is 874. The third kappa shape index (κ3) is 8.68. The van der Waals surface area contributed by atoms with E-state index in [1.807, 2.05) is 30.5 Å². The lowest BCUT2D eigenvalue weighted by Gasteiger charge is -2.01. The summed E-state index contributed by atoms with van der Waals surface area (Å²) in [6.07, 6.45) is 8.64. The van der Waals surface area contributed by atoms with E-state index in [0.29, 0.717) is 6.26 Å². The third-order valence-corrected chi connectivity index (χ3v) is 4.37. The third-order valence-electron chi connectivity index (χ3n) is 3.52. The average Bonchev–Trinajstić information content (AvgIpc) is 3.34. The molecule has 3 aromatic heterocycles. The molecular weight excluding hydrogens is 395 g/mol. The minimum Gasteiger partial charge on any atom is -0.345 e. The van der Waals surface area contributed by atoms with Crippen molar-refractivity contribution in [2.75, 3.05) is 12.0 Å². The molecule has 0 aliphatic heterocycles. The van der Waals surface area contributed by atoms with E-state index >= 15 is 0 Å². The number of nitrogens with zero attached hydrogens (tertiary/aromatic N) is 4. The van der Waals surface area contributed by atoms with Gasteiger partial charge in [-0.3, -0.25) is 4.40 Å². The van der Waals surface area contributed by atoms with Crippen LogP contribution in [0.25, 0.3) is 16.8 Å². The van der Waals surface area contributed by atoms with Crippen LogP contribution in [0, 0.1) is 0 Å². The summed E-state index contributed by atoms with van der Waals surface area (Å²) >= 11 is 0. The molecule has 0 amide bonds. The maximum absolute atomic E-state index is 11.2. The van der Waals surface area contributed by atoms with E-state index in [1.54, 1.807) is 12.5 Å². The maximum Gasteiger partial charge on any atom is 0.402 e. The molecule has 11 heteroatoms. The van der Waals surface area contributed by atoms with Crippen LogP contribution >= 0.6 is 0 Å². The first-order valence-corrected chi connectivity index (χ1v) is 11.1. The molecule has 3 aromatic rings. The smallest absolute Gasteiger partial charge is 0.345 e. The van der Waals surface area contributed by atoms with Crippen LogP contribution in [-0.2, 0) is 9.84 Å². The van der Waals surface area contributed by atoms with Crippen LogP contribution in [0.5, 0.6) is 0 Å². The minimum absolute atomic E-state index is 0.542. The lowest BCUT2D eigenvalue weighted by molar-refractivity contribution is -0.106. The number of fused-ring (bicyclic) bond motifs is 3. The van der Waals surface area contributed by atoms with Gasteiger partial charge in [-0.05, 0) is 6.07 Å². The molecule has 0 atom stereocenters. The predicted molar refractivity (Wildman–Crippen MR) is 103 cm³/mol. The molecule has 1 saturated carbocycles. The van der Waals surface area contributed by atoms with Gasteiger partial charge in [0.1, 0.15) is 12.1 Å². The highest BCUT2D eigenvalue weighted by molar-refractivity contribution is 7.90. The van der Waals surface area contributed by atoms with E-state index in [1.165, 1.54) is 32.1 Å². The van der Waals surface area contributed by atoms with Crippen LogP contribution in [0.3, 0.4) is 0 Å². The van der Waals surface area contributed by atoms with Crippen molar-refractivity contribution in [3.8, 4) is 0 Å². The van der Waals surface area contributed by atoms with Crippen LogP contribution in [0.4, 0.5) is 13.2 Å². The Hall–Kier alpha value is -2.17. The Balaban J connectivity index is 0.000000217. The van der Waals surface area contributed by atoms with Crippen molar-refractivity contribution >= 4 is 26.6 Å². The van der Waals surface area contributed by atoms with Gasteiger partial charge >= 0.3 is 6.18 Å². The number of alkyl halides is 3. The van der Waals surface area contributed by atoms with Gasteiger partial charge in [0, 0.05) is 12.5 Å². The quantitative estimate of drug-likeness (QED) is 0.636. The van der Waals surface area contributed by atoms with E-state index in [9.17, 15) is 21.6 Å². The number of hydrogen-bond acceptors (Lipinski definition) is 5. The number of aromatic nitrogens is 5. The second-order valence-electron chi connectivity index (χ2n) is 5.98. The molecule has 3 heterocycles. The number of halogens is 3. The molecule has 0 spiro atoms. The van der Waals surface area contributed by atoms with Crippen LogP contribution in [0.2, 0.25) is 0 Å². The van der Waals surface area contributed by atoms with Crippen molar-refractivity contribution < 1.29 is 21.6 Å². The van der Waals surface area contributed by atoms with Gasteiger partial charge in [-0.1, -0.05) is 46.0 Å². The highest BCUT2D eigenvalue weighted by Crippen LogP contribution is 2.16. The molecule has 0 aromatic carbocycles. The van der Waals surface area contributed by atoms with Crippen molar-refractivity contribution in [2.45, 2.75) is 52.1 Å². The normalized spacial score (nSPS) is 13.8. The summed E-state index contributed by atoms with van der Waals surface area (Å²) in [5.74, 6) is -1.74. The molecule has 0 bridgehead atoms. The van der Waals surface area contributed by atoms with Crippen LogP contribution in [-0.4, -0.2) is 51.2 Å². The minimum atomic E-state index is -4.60. The first-order chi connectivity index (χ1) is 13.2. The summed E-state index contributed by atoms with van der Waals surface area (Å²) in [4.78, 5) is 7.18. The Morgan fingerprint density at radius 1 is 1.14 bits per heavy atom. The monoisotopic (exact) mass is 421 g/mol. The van der Waals surface area contributed by atoms with Crippen molar-refractivity contribution in [1.82, 2.24) is 24.6 Å². The second kappa shape index (κ2) is 11.0. The molecule has 1 aliphatic carbocycles. The molecule has 1 N–H and O–H groups in total. The van der Waals surface area contributed by atoms with Gasteiger partial charge in [-0.25, -0.2) is 13.4 Å². The van der Waals surface area contributed by atoms with Crippen molar-refractivity contribution in [1.29, 1.82) is 0 Å². The van der Waals surface area contributed by atoms with Gasteiger partial charge in [-0.2, -0.15) is 13.2 Å². The molecular formula is C17H26F3N5O2S. The number of hydrogen-bond donors (Lipinski definition) is 1. The summed E-state index contributed by atoms with van der Waals surface area (Å²) in [5.41, 5.74) is 2.61. The Morgan fingerprint density at radius 2 is 1.71 bits per heavy atom. The summed E-state index contributed by atoms with van der Waals surface area (Å²) < 4.78 is 55.3. The number of rotatable bonds is 1. The predicted octanol–water partition coefficient (Wildman–Crippen LogP) is 4.18. The van der Waals surface area contributed by atoms with Gasteiger partial charge in [-0.15, -0.1) is 10.2 Å². The molecule has 0 radical (unpaired) electrons. The Kier molecular flexibility index (Phi) is 9.36. The molecule has 28 heavy (non-hydrogen) atoms.